The third kappa shape index (κ3) is 3.97. The summed E-state index contributed by atoms with van der Waals surface area (Å²) in [6.45, 7) is 2.40. The zero-order chi connectivity index (χ0) is 11.3. The van der Waals surface area contributed by atoms with E-state index in [0.717, 1.165) is 10.2 Å². The number of hydrogen-bond donors (Lipinski definition) is 2. The normalized spacial score (nSPS) is 12.2. The molecule has 1 aromatic rings. The van der Waals surface area contributed by atoms with Crippen LogP contribution in [0.15, 0.2) is 22.8 Å². The summed E-state index contributed by atoms with van der Waals surface area (Å²) >= 11 is 3.31. The summed E-state index contributed by atoms with van der Waals surface area (Å²) in [5.41, 5.74) is 0.911. The van der Waals surface area contributed by atoms with Gasteiger partial charge in [0.2, 0.25) is 5.91 Å². The predicted octanol–water partition coefficient (Wildman–Crippen LogP) is 1.07. The van der Waals surface area contributed by atoms with Crippen LogP contribution in [0.3, 0.4) is 0 Å². The van der Waals surface area contributed by atoms with Crippen LogP contribution in [-0.4, -0.2) is 24.0 Å². The highest BCUT2D eigenvalue weighted by Gasteiger charge is 2.09. The van der Waals surface area contributed by atoms with Crippen molar-refractivity contribution in [1.82, 2.24) is 15.6 Å². The topological polar surface area (TPSA) is 54.0 Å². The Bertz CT molecular complexity index is 326. The van der Waals surface area contributed by atoms with Crippen LogP contribution in [0.25, 0.3) is 0 Å². The third-order valence-electron chi connectivity index (χ3n) is 2.02. The first-order valence-electron chi connectivity index (χ1n) is 4.69. The number of nitrogens with zero attached hydrogens (tertiary/aromatic N) is 1. The molecule has 0 spiro atoms. The maximum atomic E-state index is 11.2. The number of halogens is 1. The summed E-state index contributed by atoms with van der Waals surface area (Å²) < 4.78 is 0.950. The molecule has 1 aromatic heterocycles. The Morgan fingerprint density at radius 3 is 2.87 bits per heavy atom. The number of carbonyl (C=O) groups excluding carboxylic acids is 1. The maximum Gasteiger partial charge on any atom is 0.236 e. The highest BCUT2D eigenvalue weighted by Crippen LogP contribution is 2.07. The lowest BCUT2D eigenvalue weighted by Gasteiger charge is -2.11. The number of rotatable bonds is 4. The van der Waals surface area contributed by atoms with Crippen molar-refractivity contribution in [2.75, 3.05) is 7.05 Å². The molecule has 0 saturated heterocycles. The number of aromatic nitrogens is 1. The van der Waals surface area contributed by atoms with Crippen LogP contribution >= 0.6 is 15.9 Å². The molecule has 0 aliphatic heterocycles. The fraction of sp³-hybridized carbons (Fsp3) is 0.400. The average molecular weight is 272 g/mol. The van der Waals surface area contributed by atoms with Crippen LogP contribution in [0, 0.1) is 0 Å². The van der Waals surface area contributed by atoms with Crippen molar-refractivity contribution in [2.24, 2.45) is 0 Å². The predicted molar refractivity (Wildman–Crippen MR) is 62.3 cm³/mol. The van der Waals surface area contributed by atoms with Gasteiger partial charge in [-0.15, -0.1) is 0 Å². The summed E-state index contributed by atoms with van der Waals surface area (Å²) in [6.07, 6.45) is 1.74. The van der Waals surface area contributed by atoms with Gasteiger partial charge in [0.1, 0.15) is 0 Å². The zero-order valence-corrected chi connectivity index (χ0v) is 10.3. The molecular formula is C10H14BrN3O. The van der Waals surface area contributed by atoms with E-state index in [2.05, 4.69) is 31.5 Å². The average Bonchev–Trinajstić information content (AvgIpc) is 2.26. The fourth-order valence-electron chi connectivity index (χ4n) is 1.08. The minimum absolute atomic E-state index is 0.0212. The SMILES string of the molecule is CNC(=O)C(C)NCc1ccc(Br)cn1. The molecule has 4 nitrogen and oxygen atoms in total. The Hall–Kier alpha value is -0.940. The summed E-state index contributed by atoms with van der Waals surface area (Å²) in [4.78, 5) is 15.4. The fourth-order valence-corrected chi connectivity index (χ4v) is 1.31. The highest BCUT2D eigenvalue weighted by atomic mass is 79.9. The number of likely N-dealkylation sites (N-methyl/N-ethyl adjacent to an activating group) is 1. The van der Waals surface area contributed by atoms with E-state index in [1.165, 1.54) is 0 Å². The summed E-state index contributed by atoms with van der Waals surface area (Å²) in [6, 6.07) is 3.63. The third-order valence-corrected chi connectivity index (χ3v) is 2.49. The lowest BCUT2D eigenvalue weighted by Crippen LogP contribution is -2.40. The maximum absolute atomic E-state index is 11.2. The molecule has 0 bridgehead atoms. The molecular weight excluding hydrogens is 258 g/mol. The first kappa shape index (κ1) is 12.1. The van der Waals surface area contributed by atoms with Crippen LogP contribution < -0.4 is 10.6 Å². The highest BCUT2D eigenvalue weighted by molar-refractivity contribution is 9.10. The molecule has 0 saturated carbocycles. The van der Waals surface area contributed by atoms with Gasteiger partial charge in [0.25, 0.3) is 0 Å². The Morgan fingerprint density at radius 1 is 1.60 bits per heavy atom. The van der Waals surface area contributed by atoms with Crippen molar-refractivity contribution >= 4 is 21.8 Å². The smallest absolute Gasteiger partial charge is 0.236 e. The Balaban J connectivity index is 2.43. The quantitative estimate of drug-likeness (QED) is 0.862. The first-order valence-corrected chi connectivity index (χ1v) is 5.48. The largest absolute Gasteiger partial charge is 0.358 e. The standard InChI is InChI=1S/C10H14BrN3O/c1-7(10(15)12-2)13-6-9-4-3-8(11)5-14-9/h3-5,7,13H,6H2,1-2H3,(H,12,15). The van der Waals surface area contributed by atoms with Gasteiger partial charge >= 0.3 is 0 Å². The lowest BCUT2D eigenvalue weighted by molar-refractivity contribution is -0.122. The summed E-state index contributed by atoms with van der Waals surface area (Å²) in [5, 5.41) is 5.66. The molecule has 0 aromatic carbocycles. The van der Waals surface area contributed by atoms with E-state index in [9.17, 15) is 4.79 Å². The van der Waals surface area contributed by atoms with Crippen LogP contribution in [-0.2, 0) is 11.3 Å². The Morgan fingerprint density at radius 2 is 2.33 bits per heavy atom. The summed E-state index contributed by atoms with van der Waals surface area (Å²) in [7, 11) is 1.62. The molecule has 0 aliphatic carbocycles. The minimum atomic E-state index is -0.208. The Kier molecular flexibility index (Phi) is 4.71. The second-order valence-electron chi connectivity index (χ2n) is 3.18. The van der Waals surface area contributed by atoms with E-state index in [4.69, 9.17) is 0 Å². The van der Waals surface area contributed by atoms with Crippen molar-refractivity contribution in [1.29, 1.82) is 0 Å². The number of amides is 1. The molecule has 82 valence electrons. The van der Waals surface area contributed by atoms with Crippen molar-refractivity contribution in [3.63, 3.8) is 0 Å². The van der Waals surface area contributed by atoms with Gasteiger partial charge in [-0.1, -0.05) is 0 Å². The number of nitrogens with one attached hydrogen (secondary N) is 2. The number of pyridine rings is 1. The van der Waals surface area contributed by atoms with Crippen molar-refractivity contribution in [3.8, 4) is 0 Å². The van der Waals surface area contributed by atoms with Gasteiger partial charge in [-0.3, -0.25) is 9.78 Å². The minimum Gasteiger partial charge on any atom is -0.358 e. The Labute approximate surface area is 97.6 Å². The number of carbonyl (C=O) groups is 1. The van der Waals surface area contributed by atoms with E-state index in [-0.39, 0.29) is 11.9 Å². The van der Waals surface area contributed by atoms with Crippen LogP contribution in [0.1, 0.15) is 12.6 Å². The summed E-state index contributed by atoms with van der Waals surface area (Å²) in [5.74, 6) is -0.0212. The zero-order valence-electron chi connectivity index (χ0n) is 8.75. The van der Waals surface area contributed by atoms with Crippen molar-refractivity contribution < 1.29 is 4.79 Å². The van der Waals surface area contributed by atoms with Gasteiger partial charge in [-0.2, -0.15) is 0 Å². The van der Waals surface area contributed by atoms with E-state index < -0.39 is 0 Å². The van der Waals surface area contributed by atoms with Crippen molar-refractivity contribution in [3.05, 3.63) is 28.5 Å². The second kappa shape index (κ2) is 5.82. The molecule has 1 unspecified atom stereocenters. The van der Waals surface area contributed by atoms with E-state index in [1.54, 1.807) is 13.2 Å². The molecule has 1 rings (SSSR count). The van der Waals surface area contributed by atoms with Gasteiger partial charge in [0, 0.05) is 24.3 Å². The molecule has 2 N–H and O–H groups in total. The molecule has 5 heteroatoms. The molecule has 1 atom stereocenters. The van der Waals surface area contributed by atoms with E-state index >= 15 is 0 Å². The molecule has 1 amide bonds. The van der Waals surface area contributed by atoms with E-state index in [0.29, 0.717) is 6.54 Å². The molecule has 15 heavy (non-hydrogen) atoms. The molecule has 0 aliphatic rings. The lowest BCUT2D eigenvalue weighted by atomic mass is 10.3. The first-order chi connectivity index (χ1) is 7.13. The van der Waals surface area contributed by atoms with Gasteiger partial charge in [0.15, 0.2) is 0 Å². The van der Waals surface area contributed by atoms with Crippen LogP contribution in [0.2, 0.25) is 0 Å². The van der Waals surface area contributed by atoms with Gasteiger partial charge in [-0.25, -0.2) is 0 Å². The monoisotopic (exact) mass is 271 g/mol. The van der Waals surface area contributed by atoms with Gasteiger partial charge in [0.05, 0.1) is 11.7 Å². The molecule has 1 heterocycles. The molecule has 0 fully saturated rings. The van der Waals surface area contributed by atoms with E-state index in [1.807, 2.05) is 19.1 Å². The molecule has 0 radical (unpaired) electrons. The van der Waals surface area contributed by atoms with Crippen LogP contribution in [0.4, 0.5) is 0 Å². The van der Waals surface area contributed by atoms with Gasteiger partial charge in [-0.05, 0) is 35.0 Å². The number of hydrogen-bond acceptors (Lipinski definition) is 3. The van der Waals surface area contributed by atoms with Crippen molar-refractivity contribution in [2.45, 2.75) is 19.5 Å². The van der Waals surface area contributed by atoms with Gasteiger partial charge < -0.3 is 10.6 Å². The second-order valence-corrected chi connectivity index (χ2v) is 4.10. The van der Waals surface area contributed by atoms with Crippen LogP contribution in [0.5, 0.6) is 0 Å².